The highest BCUT2D eigenvalue weighted by atomic mass is 16.4. The van der Waals surface area contributed by atoms with Crippen molar-refractivity contribution in [2.45, 2.75) is 6.42 Å². The fourth-order valence-corrected chi connectivity index (χ4v) is 1.68. The average molecular weight is 259 g/mol. The summed E-state index contributed by atoms with van der Waals surface area (Å²) in [6.07, 6.45) is 3.07. The minimum absolute atomic E-state index is 0.0738. The molecule has 6 nitrogen and oxygen atoms in total. The Morgan fingerprint density at radius 1 is 1.21 bits per heavy atom. The van der Waals surface area contributed by atoms with Crippen molar-refractivity contribution < 1.29 is 14.7 Å². The van der Waals surface area contributed by atoms with Gasteiger partial charge in [0.15, 0.2) is 0 Å². The molecule has 19 heavy (non-hydrogen) atoms. The molecule has 6 heteroatoms. The number of aromatic nitrogens is 2. The van der Waals surface area contributed by atoms with Gasteiger partial charge in [-0.3, -0.25) is 19.6 Å². The Morgan fingerprint density at radius 3 is 2.58 bits per heavy atom. The van der Waals surface area contributed by atoms with E-state index in [1.807, 2.05) is 0 Å². The normalized spacial score (nSPS) is 10.4. The first-order valence-corrected chi connectivity index (χ1v) is 5.76. The molecule has 0 radical (unpaired) electrons. The van der Waals surface area contributed by atoms with Gasteiger partial charge in [0.1, 0.15) is 0 Å². The smallest absolute Gasteiger partial charge is 0.305 e. The van der Waals surface area contributed by atoms with Crippen LogP contribution in [0.2, 0.25) is 0 Å². The lowest BCUT2D eigenvalue weighted by molar-refractivity contribution is -0.137. The molecule has 0 aliphatic heterocycles. The number of fused-ring (bicyclic) bond motifs is 1. The quantitative estimate of drug-likeness (QED) is 0.891. The maximum Gasteiger partial charge on any atom is 0.305 e. The zero-order valence-electron chi connectivity index (χ0n) is 10.4. The van der Waals surface area contributed by atoms with E-state index in [0.29, 0.717) is 16.6 Å². The van der Waals surface area contributed by atoms with E-state index in [1.54, 1.807) is 37.6 Å². The molecule has 0 atom stereocenters. The zero-order chi connectivity index (χ0) is 13.8. The maximum absolute atomic E-state index is 12.1. The van der Waals surface area contributed by atoms with Gasteiger partial charge >= 0.3 is 5.97 Å². The molecule has 98 valence electrons. The molecule has 1 N–H and O–H groups in total. The molecule has 0 aliphatic rings. The van der Waals surface area contributed by atoms with Crippen LogP contribution in [0.1, 0.15) is 16.8 Å². The molecule has 1 aromatic carbocycles. The van der Waals surface area contributed by atoms with Gasteiger partial charge in [-0.15, -0.1) is 0 Å². The molecule has 0 saturated carbocycles. The number of hydrogen-bond acceptors (Lipinski definition) is 4. The highest BCUT2D eigenvalue weighted by molar-refractivity contribution is 5.97. The van der Waals surface area contributed by atoms with Crippen LogP contribution in [0.4, 0.5) is 0 Å². The van der Waals surface area contributed by atoms with Crippen molar-refractivity contribution in [3.8, 4) is 0 Å². The number of benzene rings is 1. The minimum Gasteiger partial charge on any atom is -0.481 e. The Hall–Kier alpha value is -2.50. The summed E-state index contributed by atoms with van der Waals surface area (Å²) in [4.78, 5) is 32.2. The van der Waals surface area contributed by atoms with Crippen LogP contribution in [0.15, 0.2) is 30.6 Å². The van der Waals surface area contributed by atoms with E-state index in [2.05, 4.69) is 9.97 Å². The molecule has 0 unspecified atom stereocenters. The lowest BCUT2D eigenvalue weighted by Gasteiger charge is -2.16. The van der Waals surface area contributed by atoms with Gasteiger partial charge in [0.25, 0.3) is 5.91 Å². The first kappa shape index (κ1) is 12.9. The second-order valence-corrected chi connectivity index (χ2v) is 4.13. The third-order valence-corrected chi connectivity index (χ3v) is 2.72. The number of aliphatic carboxylic acids is 1. The van der Waals surface area contributed by atoms with Crippen molar-refractivity contribution >= 4 is 22.9 Å². The van der Waals surface area contributed by atoms with Gasteiger partial charge < -0.3 is 10.0 Å². The van der Waals surface area contributed by atoms with Crippen LogP contribution in [-0.4, -0.2) is 45.4 Å². The monoisotopic (exact) mass is 259 g/mol. The minimum atomic E-state index is -0.927. The van der Waals surface area contributed by atoms with Crippen LogP contribution in [0, 0.1) is 0 Å². The topological polar surface area (TPSA) is 83.4 Å². The second-order valence-electron chi connectivity index (χ2n) is 4.13. The molecule has 2 aromatic rings. The molecule has 0 bridgehead atoms. The summed E-state index contributed by atoms with van der Waals surface area (Å²) in [6, 6.07) is 5.04. The fourth-order valence-electron chi connectivity index (χ4n) is 1.68. The van der Waals surface area contributed by atoms with Crippen LogP contribution in [-0.2, 0) is 4.79 Å². The molecule has 0 aliphatic carbocycles. The van der Waals surface area contributed by atoms with Gasteiger partial charge in [-0.05, 0) is 18.2 Å². The van der Waals surface area contributed by atoms with E-state index in [9.17, 15) is 9.59 Å². The van der Waals surface area contributed by atoms with Crippen molar-refractivity contribution in [1.82, 2.24) is 14.9 Å². The van der Waals surface area contributed by atoms with E-state index in [1.165, 1.54) is 4.90 Å². The van der Waals surface area contributed by atoms with E-state index < -0.39 is 5.97 Å². The summed E-state index contributed by atoms with van der Waals surface area (Å²) < 4.78 is 0. The maximum atomic E-state index is 12.1. The molecule has 1 heterocycles. The average Bonchev–Trinajstić information content (AvgIpc) is 2.43. The lowest BCUT2D eigenvalue weighted by atomic mass is 10.1. The van der Waals surface area contributed by atoms with E-state index in [-0.39, 0.29) is 18.9 Å². The Labute approximate surface area is 109 Å². The summed E-state index contributed by atoms with van der Waals surface area (Å²) in [5.41, 5.74) is 1.83. The lowest BCUT2D eigenvalue weighted by Crippen LogP contribution is -2.29. The molecule has 0 spiro atoms. The zero-order valence-corrected chi connectivity index (χ0v) is 10.4. The Balaban J connectivity index is 2.19. The largest absolute Gasteiger partial charge is 0.481 e. The fraction of sp³-hybridized carbons (Fsp3) is 0.231. The number of carboxylic acids is 1. The summed E-state index contributed by atoms with van der Waals surface area (Å²) in [6.45, 7) is 0.173. The first-order valence-electron chi connectivity index (χ1n) is 5.76. The molecule has 1 amide bonds. The molecule has 0 fully saturated rings. The summed E-state index contributed by atoms with van der Waals surface area (Å²) in [5.74, 6) is -1.15. The van der Waals surface area contributed by atoms with Crippen LogP contribution in [0.25, 0.3) is 11.0 Å². The summed E-state index contributed by atoms with van der Waals surface area (Å²) in [5, 5.41) is 8.60. The molecule has 1 aromatic heterocycles. The standard InChI is InChI=1S/C13H13N3O3/c1-16(7-4-12(17)18)13(19)9-2-3-10-11(8-9)15-6-5-14-10/h2-3,5-6,8H,4,7H2,1H3,(H,17,18). The van der Waals surface area contributed by atoms with Crippen molar-refractivity contribution in [2.24, 2.45) is 0 Å². The third kappa shape index (κ3) is 3.04. The van der Waals surface area contributed by atoms with Crippen molar-refractivity contribution in [2.75, 3.05) is 13.6 Å². The van der Waals surface area contributed by atoms with Crippen LogP contribution in [0.3, 0.4) is 0 Å². The highest BCUT2D eigenvalue weighted by Gasteiger charge is 2.13. The number of amides is 1. The second kappa shape index (κ2) is 5.43. The SMILES string of the molecule is CN(CCC(=O)O)C(=O)c1ccc2nccnc2c1. The number of hydrogen-bond donors (Lipinski definition) is 1. The summed E-state index contributed by atoms with van der Waals surface area (Å²) >= 11 is 0. The van der Waals surface area contributed by atoms with Crippen molar-refractivity contribution in [3.63, 3.8) is 0 Å². The van der Waals surface area contributed by atoms with Gasteiger partial charge in [-0.2, -0.15) is 0 Å². The third-order valence-electron chi connectivity index (χ3n) is 2.72. The highest BCUT2D eigenvalue weighted by Crippen LogP contribution is 2.12. The predicted molar refractivity (Wildman–Crippen MR) is 68.8 cm³/mol. The molecule has 2 rings (SSSR count). The van der Waals surface area contributed by atoms with Crippen LogP contribution >= 0.6 is 0 Å². The Morgan fingerprint density at radius 2 is 1.89 bits per heavy atom. The number of nitrogens with zero attached hydrogens (tertiary/aromatic N) is 3. The molecule has 0 saturated heterocycles. The van der Waals surface area contributed by atoms with Crippen LogP contribution < -0.4 is 0 Å². The molecular weight excluding hydrogens is 246 g/mol. The summed E-state index contributed by atoms with van der Waals surface area (Å²) in [7, 11) is 1.58. The van der Waals surface area contributed by atoms with Crippen molar-refractivity contribution in [1.29, 1.82) is 0 Å². The first-order chi connectivity index (χ1) is 9.08. The molecular formula is C13H13N3O3. The van der Waals surface area contributed by atoms with E-state index in [4.69, 9.17) is 5.11 Å². The van der Waals surface area contributed by atoms with Crippen LogP contribution in [0.5, 0.6) is 0 Å². The number of carboxylic acid groups (broad SMARTS) is 1. The van der Waals surface area contributed by atoms with Gasteiger partial charge in [0.05, 0.1) is 17.5 Å². The van der Waals surface area contributed by atoms with Gasteiger partial charge in [-0.25, -0.2) is 0 Å². The Kier molecular flexibility index (Phi) is 3.70. The van der Waals surface area contributed by atoms with Crippen molar-refractivity contribution in [3.05, 3.63) is 36.2 Å². The van der Waals surface area contributed by atoms with Gasteiger partial charge in [0, 0.05) is 31.5 Å². The van der Waals surface area contributed by atoms with E-state index in [0.717, 1.165) is 0 Å². The number of carbonyl (C=O) groups excluding carboxylic acids is 1. The Bertz CT molecular complexity index is 627. The van der Waals surface area contributed by atoms with Gasteiger partial charge in [0.2, 0.25) is 0 Å². The predicted octanol–water partition coefficient (Wildman–Crippen LogP) is 1.18. The number of rotatable bonds is 4. The van der Waals surface area contributed by atoms with Gasteiger partial charge in [-0.1, -0.05) is 0 Å². The van der Waals surface area contributed by atoms with E-state index >= 15 is 0 Å². The number of carbonyl (C=O) groups is 2.